The van der Waals surface area contributed by atoms with Gasteiger partial charge in [0.1, 0.15) is 17.3 Å². The Kier molecular flexibility index (Phi) is 7.87. The van der Waals surface area contributed by atoms with E-state index >= 15 is 0 Å². The van der Waals surface area contributed by atoms with E-state index in [9.17, 15) is 19.1 Å². The molecule has 1 heterocycles. The number of carbonyl (C=O) groups excluding carboxylic acids is 2. The van der Waals surface area contributed by atoms with Crippen molar-refractivity contribution < 1.29 is 28.6 Å². The van der Waals surface area contributed by atoms with Crippen LogP contribution in [0, 0.1) is 18.7 Å². The van der Waals surface area contributed by atoms with Crippen LogP contribution in [0.1, 0.15) is 43.0 Å². The zero-order valence-corrected chi connectivity index (χ0v) is 19.4. The van der Waals surface area contributed by atoms with Crippen molar-refractivity contribution >= 4 is 17.4 Å². The molecule has 2 aromatic rings. The second kappa shape index (κ2) is 10.6. The summed E-state index contributed by atoms with van der Waals surface area (Å²) in [6, 6.07) is 9.91. The van der Waals surface area contributed by atoms with Gasteiger partial charge in [-0.3, -0.25) is 9.59 Å². The molecule has 1 fully saturated rings. The number of likely N-dealkylation sites (tertiary alicyclic amines) is 1. The molecule has 7 heteroatoms. The van der Waals surface area contributed by atoms with Crippen molar-refractivity contribution in [1.82, 2.24) is 4.90 Å². The first-order chi connectivity index (χ1) is 15.7. The van der Waals surface area contributed by atoms with Crippen LogP contribution in [0.4, 0.5) is 4.39 Å². The summed E-state index contributed by atoms with van der Waals surface area (Å²) in [7, 11) is 1.56. The number of hydrogen-bond donors (Lipinski definition) is 1. The van der Waals surface area contributed by atoms with Gasteiger partial charge in [0.05, 0.1) is 18.2 Å². The van der Waals surface area contributed by atoms with Crippen molar-refractivity contribution in [3.05, 3.63) is 70.5 Å². The van der Waals surface area contributed by atoms with E-state index in [0.717, 1.165) is 5.56 Å². The Labute approximate surface area is 193 Å². The minimum Gasteiger partial charge on any atom is -0.507 e. The second-order valence-electron chi connectivity index (χ2n) is 8.58. The molecule has 1 saturated heterocycles. The number of ether oxygens (including phenoxy) is 2. The first-order valence-electron chi connectivity index (χ1n) is 11.0. The maximum atomic E-state index is 13.6. The van der Waals surface area contributed by atoms with Gasteiger partial charge in [-0.2, -0.15) is 0 Å². The number of amides is 1. The molecule has 2 aromatic carbocycles. The Balaban J connectivity index is 2.04. The van der Waals surface area contributed by atoms with Crippen LogP contribution in [0.5, 0.6) is 5.75 Å². The number of ketones is 1. The van der Waals surface area contributed by atoms with Crippen LogP contribution in [0.25, 0.3) is 5.76 Å². The predicted octanol–water partition coefficient (Wildman–Crippen LogP) is 4.63. The maximum absolute atomic E-state index is 13.6. The lowest BCUT2D eigenvalue weighted by molar-refractivity contribution is -0.140. The molecular weight excluding hydrogens is 425 g/mol. The molecule has 1 aliphatic rings. The maximum Gasteiger partial charge on any atom is 0.295 e. The molecule has 0 saturated carbocycles. The number of aliphatic hydroxyl groups excluding tert-OH is 1. The molecule has 1 atom stereocenters. The highest BCUT2D eigenvalue weighted by Crippen LogP contribution is 2.40. The van der Waals surface area contributed by atoms with Gasteiger partial charge in [-0.15, -0.1) is 0 Å². The lowest BCUT2D eigenvalue weighted by Gasteiger charge is -2.25. The Hall–Kier alpha value is -3.19. The van der Waals surface area contributed by atoms with Crippen LogP contribution in [-0.4, -0.2) is 48.6 Å². The lowest BCUT2D eigenvalue weighted by atomic mass is 9.94. The second-order valence-corrected chi connectivity index (χ2v) is 8.58. The first kappa shape index (κ1) is 24.5. The number of aryl methyl sites for hydroxylation is 1. The Bertz CT molecular complexity index is 1050. The molecule has 3 rings (SSSR count). The van der Waals surface area contributed by atoms with Crippen molar-refractivity contribution in [3.8, 4) is 5.75 Å². The van der Waals surface area contributed by atoms with Gasteiger partial charge < -0.3 is 19.5 Å². The molecule has 176 valence electrons. The van der Waals surface area contributed by atoms with E-state index in [2.05, 4.69) is 13.8 Å². The van der Waals surface area contributed by atoms with Gasteiger partial charge in [-0.05, 0) is 60.7 Å². The van der Waals surface area contributed by atoms with Crippen molar-refractivity contribution in [1.29, 1.82) is 0 Å². The van der Waals surface area contributed by atoms with Crippen molar-refractivity contribution in [2.24, 2.45) is 5.92 Å². The van der Waals surface area contributed by atoms with Crippen molar-refractivity contribution in [2.75, 3.05) is 26.9 Å². The smallest absolute Gasteiger partial charge is 0.295 e. The molecule has 0 unspecified atom stereocenters. The third-order valence-corrected chi connectivity index (χ3v) is 5.49. The number of halogens is 1. The summed E-state index contributed by atoms with van der Waals surface area (Å²) in [5, 5.41) is 11.2. The molecule has 0 aliphatic carbocycles. The fourth-order valence-electron chi connectivity index (χ4n) is 3.85. The third-order valence-electron chi connectivity index (χ3n) is 5.49. The summed E-state index contributed by atoms with van der Waals surface area (Å²) in [5.74, 6) is -1.11. The highest BCUT2D eigenvalue weighted by atomic mass is 19.1. The van der Waals surface area contributed by atoms with Gasteiger partial charge in [-0.1, -0.05) is 26.0 Å². The Morgan fingerprint density at radius 3 is 2.45 bits per heavy atom. The van der Waals surface area contributed by atoms with E-state index in [-0.39, 0.29) is 17.9 Å². The Morgan fingerprint density at radius 1 is 1.15 bits per heavy atom. The van der Waals surface area contributed by atoms with E-state index in [4.69, 9.17) is 9.47 Å². The van der Waals surface area contributed by atoms with Gasteiger partial charge in [0, 0.05) is 25.8 Å². The number of Topliss-reactive ketones (excluding diaryl/α,β-unsaturated/α-hetero) is 1. The quantitative estimate of drug-likeness (QED) is 0.258. The summed E-state index contributed by atoms with van der Waals surface area (Å²) in [6.45, 7) is 7.19. The standard InChI is InChI=1S/C26H30FNO5/c1-16(2)15-33-21-11-8-19(14-17(21)3)24(29)22-23(18-6-9-20(27)10-7-18)28(12-5-13-32-4)26(31)25(22)30/h6-11,14,16,23,29H,5,12-13,15H2,1-4H3/t23-/m0/s1. The molecule has 33 heavy (non-hydrogen) atoms. The van der Waals surface area contributed by atoms with Gasteiger partial charge in [0.15, 0.2) is 0 Å². The molecule has 1 N–H and O–H groups in total. The van der Waals surface area contributed by atoms with Gasteiger partial charge >= 0.3 is 0 Å². The molecule has 1 amide bonds. The van der Waals surface area contributed by atoms with Crippen LogP contribution in [0.3, 0.4) is 0 Å². The van der Waals surface area contributed by atoms with E-state index in [1.54, 1.807) is 25.3 Å². The number of aliphatic hydroxyl groups is 1. The zero-order valence-electron chi connectivity index (χ0n) is 19.4. The Morgan fingerprint density at radius 2 is 1.85 bits per heavy atom. The van der Waals surface area contributed by atoms with Crippen molar-refractivity contribution in [2.45, 2.75) is 33.2 Å². The predicted molar refractivity (Wildman–Crippen MR) is 123 cm³/mol. The van der Waals surface area contributed by atoms with E-state index in [1.165, 1.54) is 29.2 Å². The zero-order chi connectivity index (χ0) is 24.1. The van der Waals surface area contributed by atoms with Crippen LogP contribution in [0.2, 0.25) is 0 Å². The molecule has 1 aliphatic heterocycles. The summed E-state index contributed by atoms with van der Waals surface area (Å²) in [6.07, 6.45) is 0.516. The number of benzene rings is 2. The topological polar surface area (TPSA) is 76.1 Å². The minimum atomic E-state index is -0.820. The monoisotopic (exact) mass is 455 g/mol. The third kappa shape index (κ3) is 5.42. The van der Waals surface area contributed by atoms with Gasteiger partial charge in [-0.25, -0.2) is 4.39 Å². The number of rotatable bonds is 9. The average Bonchev–Trinajstić information content (AvgIpc) is 3.03. The van der Waals surface area contributed by atoms with Crippen LogP contribution in [0.15, 0.2) is 48.0 Å². The summed E-state index contributed by atoms with van der Waals surface area (Å²) in [5.41, 5.74) is 1.74. The highest BCUT2D eigenvalue weighted by Gasteiger charge is 2.45. The normalized spacial score (nSPS) is 17.8. The van der Waals surface area contributed by atoms with Gasteiger partial charge in [0.25, 0.3) is 11.7 Å². The molecule has 0 radical (unpaired) electrons. The van der Waals surface area contributed by atoms with E-state index in [1.807, 2.05) is 6.92 Å². The fraction of sp³-hybridized carbons (Fsp3) is 0.385. The number of carbonyl (C=O) groups is 2. The first-order valence-corrected chi connectivity index (χ1v) is 11.0. The summed E-state index contributed by atoms with van der Waals surface area (Å²) < 4.78 is 24.4. The molecule has 0 bridgehead atoms. The lowest BCUT2D eigenvalue weighted by Crippen LogP contribution is -2.31. The summed E-state index contributed by atoms with van der Waals surface area (Å²) in [4.78, 5) is 27.3. The summed E-state index contributed by atoms with van der Waals surface area (Å²) >= 11 is 0. The number of nitrogens with zero attached hydrogens (tertiary/aromatic N) is 1. The SMILES string of the molecule is COCCCN1C(=O)C(=O)C(=C(O)c2ccc(OCC(C)C)c(C)c2)[C@@H]1c1ccc(F)cc1. The molecule has 6 nitrogen and oxygen atoms in total. The van der Waals surface area contributed by atoms with Crippen LogP contribution < -0.4 is 4.74 Å². The van der Waals surface area contributed by atoms with E-state index < -0.39 is 23.5 Å². The average molecular weight is 456 g/mol. The van der Waals surface area contributed by atoms with Crippen molar-refractivity contribution in [3.63, 3.8) is 0 Å². The molecular formula is C26H30FNO5. The van der Waals surface area contributed by atoms with Crippen LogP contribution >= 0.6 is 0 Å². The fourth-order valence-corrected chi connectivity index (χ4v) is 3.85. The largest absolute Gasteiger partial charge is 0.507 e. The highest BCUT2D eigenvalue weighted by molar-refractivity contribution is 6.46. The van der Waals surface area contributed by atoms with Gasteiger partial charge in [0.2, 0.25) is 0 Å². The van der Waals surface area contributed by atoms with Crippen LogP contribution in [-0.2, 0) is 14.3 Å². The molecule has 0 spiro atoms. The number of methoxy groups -OCH3 is 1. The minimum absolute atomic E-state index is 0.0146. The molecule has 0 aromatic heterocycles. The number of hydrogen-bond acceptors (Lipinski definition) is 5. The van der Waals surface area contributed by atoms with E-state index in [0.29, 0.717) is 42.4 Å².